The number of hydrogen-bond donors (Lipinski definition) is 2. The summed E-state index contributed by atoms with van der Waals surface area (Å²) < 4.78 is 0. The molecule has 1 saturated carbocycles. The molecule has 1 aliphatic carbocycles. The minimum absolute atomic E-state index is 0.117. The van der Waals surface area contributed by atoms with Crippen LogP contribution in [0.3, 0.4) is 0 Å². The van der Waals surface area contributed by atoms with E-state index in [-0.39, 0.29) is 11.3 Å². The molecule has 0 saturated heterocycles. The molecule has 6 heteroatoms. The minimum atomic E-state index is -1.04. The van der Waals surface area contributed by atoms with Gasteiger partial charge in [-0.15, -0.1) is 0 Å². The second kappa shape index (κ2) is 7.85. The van der Waals surface area contributed by atoms with Gasteiger partial charge in [0.2, 0.25) is 0 Å². The van der Waals surface area contributed by atoms with Crippen molar-refractivity contribution in [2.75, 3.05) is 0 Å². The van der Waals surface area contributed by atoms with Gasteiger partial charge in [0.25, 0.3) is 0 Å². The molecule has 6 nitrogen and oxygen atoms in total. The van der Waals surface area contributed by atoms with Gasteiger partial charge in [0.15, 0.2) is 5.69 Å². The van der Waals surface area contributed by atoms with Crippen molar-refractivity contribution >= 4 is 23.4 Å². The van der Waals surface area contributed by atoms with Gasteiger partial charge < -0.3 is 10.0 Å². The molecule has 0 heterocycles. The molecule has 0 aliphatic heterocycles. The van der Waals surface area contributed by atoms with Crippen LogP contribution in [-0.2, 0) is 4.84 Å². The lowest BCUT2D eigenvalue weighted by Crippen LogP contribution is -2.99. The smallest absolute Gasteiger partial charge is 0.365 e. The quantitative estimate of drug-likeness (QED) is 0.663. The maximum atomic E-state index is 12.1. The van der Waals surface area contributed by atoms with Crippen LogP contribution in [0.2, 0.25) is 0 Å². The summed E-state index contributed by atoms with van der Waals surface area (Å²) in [5.74, 6) is -0.601. The molecule has 0 radical (unpaired) electrons. The first-order chi connectivity index (χ1) is 12.1. The second-order valence-corrected chi connectivity index (χ2v) is 5.73. The zero-order chi connectivity index (χ0) is 17.6. The maximum Gasteiger partial charge on any atom is 0.365 e. The van der Waals surface area contributed by atoms with Crippen molar-refractivity contribution in [3.63, 3.8) is 0 Å². The number of benzene rings is 2. The highest BCUT2D eigenvalue weighted by Crippen LogP contribution is 2.24. The lowest BCUT2D eigenvalue weighted by Gasteiger charge is -2.10. The van der Waals surface area contributed by atoms with Crippen LogP contribution in [0.5, 0.6) is 0 Å². The van der Waals surface area contributed by atoms with E-state index >= 15 is 0 Å². The first-order valence-electron chi connectivity index (χ1n) is 8.01. The van der Waals surface area contributed by atoms with Gasteiger partial charge in [0.05, 0.1) is 11.3 Å². The molecule has 2 aromatic carbocycles. The SMILES string of the molecule is O=C(O/N=C1\CCC\C1=C\c1ccccc1)c1ccc([NH+]([O-])O)cc1. The van der Waals surface area contributed by atoms with Crippen molar-refractivity contribution in [2.45, 2.75) is 19.3 Å². The highest BCUT2D eigenvalue weighted by atomic mass is 16.8. The summed E-state index contributed by atoms with van der Waals surface area (Å²) in [7, 11) is 0. The molecule has 0 amide bonds. The number of hydrogen-bond acceptors (Lipinski definition) is 5. The van der Waals surface area contributed by atoms with Crippen LogP contribution < -0.4 is 5.23 Å². The standard InChI is InChI=1S/C19H18N2O4/c22-19(15-9-11-17(12-10-15)21(23)24)25-20-18-8-4-7-16(18)13-14-5-2-1-3-6-14/h1-3,5-6,9-13,21,23H,4,7-8H2/b16-13-,20-18+. The molecule has 0 bridgehead atoms. The Balaban J connectivity index is 1.70. The average molecular weight is 338 g/mol. The summed E-state index contributed by atoms with van der Waals surface area (Å²) in [6, 6.07) is 15.5. The summed E-state index contributed by atoms with van der Waals surface area (Å²) in [5, 5.41) is 22.7. The van der Waals surface area contributed by atoms with Crippen LogP contribution in [0.4, 0.5) is 5.69 Å². The van der Waals surface area contributed by atoms with Crippen LogP contribution in [0, 0.1) is 5.21 Å². The number of carbonyl (C=O) groups is 1. The van der Waals surface area contributed by atoms with E-state index in [9.17, 15) is 10.0 Å². The zero-order valence-corrected chi connectivity index (χ0v) is 13.5. The number of carbonyl (C=O) groups excluding carboxylic acids is 1. The average Bonchev–Trinajstić information content (AvgIpc) is 3.07. The van der Waals surface area contributed by atoms with E-state index in [4.69, 9.17) is 10.0 Å². The Labute approximate surface area is 145 Å². The topological polar surface area (TPSA) is 86.4 Å². The third kappa shape index (κ3) is 4.39. The fraction of sp³-hybridized carbons (Fsp3) is 0.158. The number of allylic oxidation sites excluding steroid dienone is 1. The number of rotatable bonds is 4. The molecule has 3 rings (SSSR count). The van der Waals surface area contributed by atoms with Crippen molar-refractivity contribution < 1.29 is 20.1 Å². The largest absolute Gasteiger partial charge is 0.595 e. The van der Waals surface area contributed by atoms with Gasteiger partial charge in [-0.25, -0.2) is 10.0 Å². The molecule has 0 spiro atoms. The molecule has 1 aliphatic rings. The van der Waals surface area contributed by atoms with E-state index in [2.05, 4.69) is 11.2 Å². The summed E-state index contributed by atoms with van der Waals surface area (Å²) in [6.07, 6.45) is 4.70. The maximum absolute atomic E-state index is 12.1. The van der Waals surface area contributed by atoms with Crippen molar-refractivity contribution in [3.05, 3.63) is 76.5 Å². The summed E-state index contributed by atoms with van der Waals surface area (Å²) >= 11 is 0. The van der Waals surface area contributed by atoms with Gasteiger partial charge in [-0.2, -0.15) is 5.23 Å². The lowest BCUT2D eigenvalue weighted by atomic mass is 10.1. The van der Waals surface area contributed by atoms with E-state index in [1.54, 1.807) is 0 Å². The Morgan fingerprint density at radius 1 is 1.12 bits per heavy atom. The molecule has 2 N–H and O–H groups in total. The predicted octanol–water partition coefficient (Wildman–Crippen LogP) is 2.87. The molecule has 0 aromatic heterocycles. The number of nitrogens with one attached hydrogen (secondary N) is 1. The molecule has 128 valence electrons. The Bertz CT molecular complexity index is 796. The fourth-order valence-electron chi connectivity index (χ4n) is 2.66. The van der Waals surface area contributed by atoms with Gasteiger partial charge in [0.1, 0.15) is 0 Å². The van der Waals surface area contributed by atoms with E-state index in [1.807, 2.05) is 30.3 Å². The minimum Gasteiger partial charge on any atom is -0.595 e. The highest BCUT2D eigenvalue weighted by molar-refractivity contribution is 6.05. The Morgan fingerprint density at radius 3 is 2.52 bits per heavy atom. The second-order valence-electron chi connectivity index (χ2n) is 5.73. The van der Waals surface area contributed by atoms with Crippen LogP contribution in [0.15, 0.2) is 65.3 Å². The summed E-state index contributed by atoms with van der Waals surface area (Å²) in [6.45, 7) is 0. The zero-order valence-electron chi connectivity index (χ0n) is 13.5. The fourth-order valence-corrected chi connectivity index (χ4v) is 2.66. The molecule has 25 heavy (non-hydrogen) atoms. The first kappa shape index (κ1) is 17.0. The van der Waals surface area contributed by atoms with E-state index in [0.29, 0.717) is 0 Å². The van der Waals surface area contributed by atoms with E-state index in [1.165, 1.54) is 24.3 Å². The normalized spacial score (nSPS) is 18.5. The van der Waals surface area contributed by atoms with Crippen molar-refractivity contribution in [2.24, 2.45) is 5.16 Å². The first-order valence-corrected chi connectivity index (χ1v) is 8.01. The Kier molecular flexibility index (Phi) is 5.35. The number of quaternary nitrogens is 1. The van der Waals surface area contributed by atoms with Crippen LogP contribution in [-0.4, -0.2) is 16.9 Å². The highest BCUT2D eigenvalue weighted by Gasteiger charge is 2.17. The van der Waals surface area contributed by atoms with Gasteiger partial charge in [-0.05, 0) is 48.6 Å². The van der Waals surface area contributed by atoms with E-state index < -0.39 is 11.2 Å². The van der Waals surface area contributed by atoms with Crippen molar-refractivity contribution in [1.29, 1.82) is 0 Å². The Morgan fingerprint density at radius 2 is 1.84 bits per heavy atom. The van der Waals surface area contributed by atoms with Crippen LogP contribution in [0.1, 0.15) is 35.2 Å². The van der Waals surface area contributed by atoms with Gasteiger partial charge >= 0.3 is 5.97 Å². The monoisotopic (exact) mass is 338 g/mol. The summed E-state index contributed by atoms with van der Waals surface area (Å²) in [4.78, 5) is 17.1. The number of nitrogens with zero attached hydrogens (tertiary/aromatic N) is 1. The molecule has 2 aromatic rings. The third-order valence-electron chi connectivity index (χ3n) is 3.98. The van der Waals surface area contributed by atoms with Gasteiger partial charge in [-0.1, -0.05) is 35.5 Å². The Hall–Kier alpha value is -2.80. The molecular formula is C19H18N2O4. The van der Waals surface area contributed by atoms with Crippen LogP contribution >= 0.6 is 0 Å². The van der Waals surface area contributed by atoms with E-state index in [0.717, 1.165) is 36.1 Å². The van der Waals surface area contributed by atoms with Crippen LogP contribution in [0.25, 0.3) is 6.08 Å². The lowest BCUT2D eigenvalue weighted by molar-refractivity contribution is -0.991. The van der Waals surface area contributed by atoms with Gasteiger partial charge in [-0.3, -0.25) is 0 Å². The third-order valence-corrected chi connectivity index (χ3v) is 3.98. The summed E-state index contributed by atoms with van der Waals surface area (Å²) in [5.41, 5.74) is 3.31. The molecule has 1 fully saturated rings. The molecular weight excluding hydrogens is 320 g/mol. The predicted molar refractivity (Wildman–Crippen MR) is 93.3 cm³/mol. The van der Waals surface area contributed by atoms with Gasteiger partial charge in [0, 0.05) is 12.1 Å². The molecule has 1 unspecified atom stereocenters. The molecule has 1 atom stereocenters. The number of oxime groups is 1. The van der Waals surface area contributed by atoms with Crippen molar-refractivity contribution in [3.8, 4) is 0 Å². The van der Waals surface area contributed by atoms with Crippen molar-refractivity contribution in [1.82, 2.24) is 0 Å².